The van der Waals surface area contributed by atoms with Crippen LogP contribution in [0.15, 0.2) is 0 Å². The molecule has 0 spiro atoms. The second-order valence-electron chi connectivity index (χ2n) is 10.9. The lowest BCUT2D eigenvalue weighted by atomic mass is 9.27. The highest BCUT2D eigenvalue weighted by atomic mass is 16.4. The third kappa shape index (κ3) is 2.03. The van der Waals surface area contributed by atoms with Gasteiger partial charge in [0.2, 0.25) is 0 Å². The fourth-order valence-electron chi connectivity index (χ4n) is 7.91. The van der Waals surface area contributed by atoms with Crippen molar-refractivity contribution in [3.63, 3.8) is 0 Å². The van der Waals surface area contributed by atoms with Gasteiger partial charge in [-0.15, -0.1) is 0 Å². The zero-order valence-electron chi connectivity index (χ0n) is 16.4. The first-order valence-corrected chi connectivity index (χ1v) is 10.2. The summed E-state index contributed by atoms with van der Waals surface area (Å²) in [6.45, 7) is 15.7. The molecule has 0 aromatic heterocycles. The van der Waals surface area contributed by atoms with Gasteiger partial charge < -0.3 is 4.65 Å². The monoisotopic (exact) mass is 316 g/mol. The lowest BCUT2D eigenvalue weighted by Crippen LogP contribution is -2.60. The normalized spacial score (nSPS) is 52.3. The highest BCUT2D eigenvalue weighted by Crippen LogP contribution is 2.69. The second kappa shape index (κ2) is 5.02. The summed E-state index contributed by atoms with van der Waals surface area (Å²) in [5, 5.41) is 0. The van der Waals surface area contributed by atoms with Gasteiger partial charge in [-0.05, 0) is 70.8 Å². The van der Waals surface area contributed by atoms with Gasteiger partial charge >= 0.3 is 0 Å². The number of hydrogen-bond donors (Lipinski definition) is 0. The van der Waals surface area contributed by atoms with Crippen LogP contribution in [0, 0.1) is 46.3 Å². The van der Waals surface area contributed by atoms with Crippen LogP contribution in [0.2, 0.25) is 11.6 Å². The summed E-state index contributed by atoms with van der Waals surface area (Å²) in [7, 11) is 2.00. The third-order valence-electron chi connectivity index (χ3n) is 9.94. The molecule has 0 saturated heterocycles. The first kappa shape index (κ1) is 16.5. The third-order valence-corrected chi connectivity index (χ3v) is 9.94. The molecule has 0 unspecified atom stereocenters. The zero-order chi connectivity index (χ0) is 16.7. The minimum atomic E-state index is 0.516. The van der Waals surface area contributed by atoms with Crippen molar-refractivity contribution in [1.82, 2.24) is 0 Å². The molecule has 6 saturated carbocycles. The van der Waals surface area contributed by atoms with Crippen molar-refractivity contribution in [3.05, 3.63) is 0 Å². The molecule has 0 radical (unpaired) electrons. The largest absolute Gasteiger partial charge is 0.438 e. The second-order valence-corrected chi connectivity index (χ2v) is 10.9. The number of hydrogen-bond acceptors (Lipinski definition) is 1. The average Bonchev–Trinajstić information content (AvgIpc) is 2.49. The van der Waals surface area contributed by atoms with Crippen molar-refractivity contribution in [2.45, 2.75) is 78.9 Å². The number of rotatable bonds is 3. The van der Waals surface area contributed by atoms with E-state index in [0.29, 0.717) is 17.7 Å². The fraction of sp³-hybridized carbons (Fsp3) is 1.00. The summed E-state index contributed by atoms with van der Waals surface area (Å²) in [6, 6.07) is 0. The first-order valence-electron chi connectivity index (χ1n) is 10.2. The maximum Gasteiger partial charge on any atom is 0.299 e. The molecule has 8 atom stereocenters. The summed E-state index contributed by atoms with van der Waals surface area (Å²) in [5.41, 5.74) is 1.19. The maximum absolute atomic E-state index is 6.24. The van der Waals surface area contributed by atoms with Gasteiger partial charge in [0.25, 0.3) is 6.92 Å². The highest BCUT2D eigenvalue weighted by molar-refractivity contribution is 6.55. The zero-order valence-corrected chi connectivity index (χ0v) is 16.4. The Labute approximate surface area is 144 Å². The Morgan fingerprint density at radius 2 is 1.13 bits per heavy atom. The van der Waals surface area contributed by atoms with Crippen molar-refractivity contribution in [2.75, 3.05) is 7.11 Å². The summed E-state index contributed by atoms with van der Waals surface area (Å²) in [5.74, 6) is 7.10. The van der Waals surface area contributed by atoms with Crippen LogP contribution in [0.5, 0.6) is 0 Å². The average molecular weight is 316 g/mol. The quantitative estimate of drug-likeness (QED) is 0.601. The van der Waals surface area contributed by atoms with E-state index in [1.54, 1.807) is 0 Å². The summed E-state index contributed by atoms with van der Waals surface area (Å²) < 4.78 is 6.24. The van der Waals surface area contributed by atoms with Crippen LogP contribution in [-0.2, 0) is 4.65 Å². The lowest BCUT2D eigenvalue weighted by Gasteiger charge is -2.65. The molecular weight excluding hydrogens is 279 g/mol. The van der Waals surface area contributed by atoms with Crippen molar-refractivity contribution < 1.29 is 4.65 Å². The van der Waals surface area contributed by atoms with E-state index < -0.39 is 0 Å². The van der Waals surface area contributed by atoms with Gasteiger partial charge in [0.05, 0.1) is 0 Å². The minimum Gasteiger partial charge on any atom is -0.438 e. The van der Waals surface area contributed by atoms with Crippen LogP contribution in [0.4, 0.5) is 0 Å². The van der Waals surface area contributed by atoms with Gasteiger partial charge in [-0.1, -0.05) is 54.4 Å². The molecule has 6 rings (SSSR count). The molecule has 6 fully saturated rings. The van der Waals surface area contributed by atoms with Crippen LogP contribution in [0.3, 0.4) is 0 Å². The van der Waals surface area contributed by atoms with Crippen LogP contribution in [-0.4, -0.2) is 14.0 Å². The standard InChI is InChI=1S/C21H37BO/c1-12-16-8-14(20(16,3)4)10-18(12)22(23-7)19-11-15-9-17(13(19)2)21(15,5)6/h12-19H,8-11H2,1-7H3/t12-,13-,14-,15+,16-,17-,18-,19-/m1/s1. The molecule has 4 bridgehead atoms. The Morgan fingerprint density at radius 3 is 1.39 bits per heavy atom. The van der Waals surface area contributed by atoms with Crippen molar-refractivity contribution in [1.29, 1.82) is 0 Å². The SMILES string of the molecule is COB([C@@H]1C[C@H]2C[C@H]([C@H]1C)C2(C)C)[C@@H]1C[C@@H]2C[C@H]([C@H]1C)C2(C)C. The molecule has 23 heavy (non-hydrogen) atoms. The summed E-state index contributed by atoms with van der Waals surface area (Å²) in [4.78, 5) is 0. The fourth-order valence-corrected chi connectivity index (χ4v) is 7.91. The Hall–Kier alpha value is 0.0249. The molecule has 0 N–H and O–H groups in total. The molecule has 0 aromatic carbocycles. The summed E-state index contributed by atoms with van der Waals surface area (Å²) in [6.07, 6.45) is 5.81. The smallest absolute Gasteiger partial charge is 0.299 e. The van der Waals surface area contributed by atoms with E-state index >= 15 is 0 Å². The minimum absolute atomic E-state index is 0.516. The highest BCUT2D eigenvalue weighted by Gasteiger charge is 2.62. The van der Waals surface area contributed by atoms with E-state index in [0.717, 1.165) is 47.1 Å². The Bertz CT molecular complexity index is 442. The van der Waals surface area contributed by atoms with Gasteiger partial charge in [-0.25, -0.2) is 0 Å². The Balaban J connectivity index is 1.52. The lowest BCUT2D eigenvalue weighted by molar-refractivity contribution is -0.110. The van der Waals surface area contributed by atoms with Gasteiger partial charge in [0, 0.05) is 7.11 Å². The van der Waals surface area contributed by atoms with Gasteiger partial charge in [-0.3, -0.25) is 0 Å². The summed E-state index contributed by atoms with van der Waals surface area (Å²) >= 11 is 0. The van der Waals surface area contributed by atoms with Crippen molar-refractivity contribution in [3.8, 4) is 0 Å². The van der Waals surface area contributed by atoms with E-state index in [-0.39, 0.29) is 0 Å². The first-order chi connectivity index (χ1) is 10.7. The molecule has 6 aliphatic carbocycles. The molecule has 2 heteroatoms. The molecule has 1 nitrogen and oxygen atoms in total. The molecule has 0 aliphatic heterocycles. The van der Waals surface area contributed by atoms with E-state index in [1.165, 1.54) is 25.7 Å². The van der Waals surface area contributed by atoms with Gasteiger partial charge in [0.1, 0.15) is 0 Å². The maximum atomic E-state index is 6.24. The topological polar surface area (TPSA) is 9.23 Å². The molecule has 6 aliphatic rings. The van der Waals surface area contributed by atoms with Crippen LogP contribution < -0.4 is 0 Å². The molecule has 0 heterocycles. The van der Waals surface area contributed by atoms with Crippen molar-refractivity contribution in [2.24, 2.45) is 46.3 Å². The van der Waals surface area contributed by atoms with Gasteiger partial charge in [-0.2, -0.15) is 0 Å². The molecule has 0 aromatic rings. The van der Waals surface area contributed by atoms with Crippen LogP contribution in [0.1, 0.15) is 67.2 Å². The van der Waals surface area contributed by atoms with E-state index in [1.807, 2.05) is 7.11 Å². The molecular formula is C21H37BO. The Kier molecular flexibility index (Phi) is 3.60. The predicted molar refractivity (Wildman–Crippen MR) is 98.6 cm³/mol. The van der Waals surface area contributed by atoms with Gasteiger partial charge in [0.15, 0.2) is 0 Å². The van der Waals surface area contributed by atoms with Crippen molar-refractivity contribution >= 4 is 6.92 Å². The van der Waals surface area contributed by atoms with Crippen LogP contribution >= 0.6 is 0 Å². The predicted octanol–water partition coefficient (Wildman–Crippen LogP) is 5.77. The number of fused-ring (bicyclic) bond motifs is 4. The molecule has 130 valence electrons. The van der Waals surface area contributed by atoms with E-state index in [2.05, 4.69) is 41.5 Å². The van der Waals surface area contributed by atoms with E-state index in [9.17, 15) is 0 Å². The van der Waals surface area contributed by atoms with E-state index in [4.69, 9.17) is 4.65 Å². The van der Waals surface area contributed by atoms with Crippen LogP contribution in [0.25, 0.3) is 0 Å². The Morgan fingerprint density at radius 1 is 0.739 bits per heavy atom. The molecule has 0 amide bonds.